The highest BCUT2D eigenvalue weighted by Crippen LogP contribution is 2.18. The lowest BCUT2D eigenvalue weighted by atomic mass is 10.1. The summed E-state index contributed by atoms with van der Waals surface area (Å²) in [5.74, 6) is 1.16. The van der Waals surface area contributed by atoms with Gasteiger partial charge in [-0.1, -0.05) is 32.0 Å². The number of pyridine rings is 1. The van der Waals surface area contributed by atoms with Crippen molar-refractivity contribution >= 4 is 11.6 Å². The Morgan fingerprint density at radius 3 is 2.79 bits per heavy atom. The summed E-state index contributed by atoms with van der Waals surface area (Å²) in [6.07, 6.45) is 2.48. The van der Waals surface area contributed by atoms with Crippen molar-refractivity contribution in [2.75, 3.05) is 25.5 Å². The minimum atomic E-state index is -0.142. The van der Waals surface area contributed by atoms with Crippen LogP contribution < -0.4 is 15.4 Å². The molecule has 0 unspecified atom stereocenters. The van der Waals surface area contributed by atoms with Crippen LogP contribution in [0, 0.1) is 5.92 Å². The number of ether oxygens (including phenoxy) is 1. The maximum atomic E-state index is 12.1. The smallest absolute Gasteiger partial charge is 0.269 e. The van der Waals surface area contributed by atoms with Crippen LogP contribution in [0.3, 0.4) is 0 Å². The monoisotopic (exact) mass is 327 g/mol. The molecule has 0 atom stereocenters. The minimum absolute atomic E-state index is 0.142. The number of carbonyl (C=O) groups excluding carboxylic acids is 1. The van der Waals surface area contributed by atoms with Gasteiger partial charge in [0.2, 0.25) is 0 Å². The fourth-order valence-corrected chi connectivity index (χ4v) is 2.30. The van der Waals surface area contributed by atoms with Gasteiger partial charge >= 0.3 is 0 Å². The molecular formula is C19H25N3O2. The van der Waals surface area contributed by atoms with Crippen LogP contribution >= 0.6 is 0 Å². The molecule has 1 aromatic heterocycles. The van der Waals surface area contributed by atoms with Crippen molar-refractivity contribution in [3.8, 4) is 5.75 Å². The van der Waals surface area contributed by atoms with Crippen LogP contribution in [-0.4, -0.2) is 31.1 Å². The molecule has 1 heterocycles. The highest BCUT2D eigenvalue weighted by atomic mass is 16.5. The summed E-state index contributed by atoms with van der Waals surface area (Å²) in [7, 11) is 1.68. The summed E-state index contributed by atoms with van der Waals surface area (Å²) < 4.78 is 5.35. The van der Waals surface area contributed by atoms with Crippen LogP contribution in [0.15, 0.2) is 42.6 Å². The van der Waals surface area contributed by atoms with E-state index in [1.165, 1.54) is 0 Å². The Hall–Kier alpha value is -2.56. The molecule has 0 aliphatic heterocycles. The zero-order valence-electron chi connectivity index (χ0n) is 14.5. The van der Waals surface area contributed by atoms with E-state index in [9.17, 15) is 4.79 Å². The molecule has 0 aliphatic carbocycles. The molecular weight excluding hydrogens is 302 g/mol. The second kappa shape index (κ2) is 8.91. The third-order valence-electron chi connectivity index (χ3n) is 3.58. The molecule has 0 radical (unpaired) electrons. The van der Waals surface area contributed by atoms with Crippen molar-refractivity contribution in [1.82, 2.24) is 10.3 Å². The first-order chi connectivity index (χ1) is 11.6. The van der Waals surface area contributed by atoms with Crippen LogP contribution in [0.2, 0.25) is 0 Å². The first-order valence-corrected chi connectivity index (χ1v) is 8.20. The molecule has 1 aromatic carbocycles. The molecule has 2 aromatic rings. The Labute approximate surface area is 143 Å². The van der Waals surface area contributed by atoms with Crippen molar-refractivity contribution in [1.29, 1.82) is 0 Å². The van der Waals surface area contributed by atoms with Gasteiger partial charge in [0.15, 0.2) is 0 Å². The Bertz CT molecular complexity index is 671. The Balaban J connectivity index is 1.91. The molecule has 2 N–H and O–H groups in total. The number of nitrogens with zero attached hydrogens (tertiary/aromatic N) is 1. The summed E-state index contributed by atoms with van der Waals surface area (Å²) in [5, 5.41) is 6.21. The van der Waals surface area contributed by atoms with Gasteiger partial charge < -0.3 is 15.4 Å². The van der Waals surface area contributed by atoms with Crippen LogP contribution in [0.25, 0.3) is 0 Å². The summed E-state index contributed by atoms with van der Waals surface area (Å²) in [6.45, 7) is 5.51. The van der Waals surface area contributed by atoms with Crippen molar-refractivity contribution < 1.29 is 9.53 Å². The number of para-hydroxylation sites is 1. The number of aromatic nitrogens is 1. The molecule has 5 nitrogen and oxygen atoms in total. The molecule has 0 fully saturated rings. The van der Waals surface area contributed by atoms with Gasteiger partial charge in [-0.15, -0.1) is 0 Å². The van der Waals surface area contributed by atoms with E-state index in [0.29, 0.717) is 18.2 Å². The molecule has 0 aliphatic rings. The van der Waals surface area contributed by atoms with Gasteiger partial charge in [-0.2, -0.15) is 0 Å². The first-order valence-electron chi connectivity index (χ1n) is 8.20. The molecule has 0 saturated carbocycles. The average Bonchev–Trinajstić information content (AvgIpc) is 2.60. The van der Waals surface area contributed by atoms with Crippen LogP contribution in [0.4, 0.5) is 5.69 Å². The van der Waals surface area contributed by atoms with Crippen molar-refractivity contribution in [2.45, 2.75) is 20.3 Å². The van der Waals surface area contributed by atoms with E-state index >= 15 is 0 Å². The topological polar surface area (TPSA) is 63.2 Å². The van der Waals surface area contributed by atoms with Gasteiger partial charge in [-0.3, -0.25) is 9.78 Å². The van der Waals surface area contributed by atoms with Crippen molar-refractivity contribution in [2.24, 2.45) is 5.92 Å². The molecule has 0 spiro atoms. The lowest BCUT2D eigenvalue weighted by molar-refractivity contribution is 0.0944. The van der Waals surface area contributed by atoms with Crippen LogP contribution in [0.5, 0.6) is 5.75 Å². The standard InChI is InChI=1S/C19H25N3O2/c1-14(2)13-22-19(23)17-12-16(9-11-21-17)20-10-8-15-6-4-5-7-18(15)24-3/h4-7,9,11-12,14H,8,10,13H2,1-3H3,(H,20,21)(H,22,23). The third kappa shape index (κ3) is 5.26. The van der Waals surface area contributed by atoms with E-state index in [1.54, 1.807) is 19.4 Å². The van der Waals surface area contributed by atoms with Crippen molar-refractivity contribution in [3.63, 3.8) is 0 Å². The predicted molar refractivity (Wildman–Crippen MR) is 96.6 cm³/mol. The molecule has 2 rings (SSSR count). The highest BCUT2D eigenvalue weighted by molar-refractivity contribution is 5.93. The van der Waals surface area contributed by atoms with E-state index in [1.807, 2.05) is 24.3 Å². The zero-order valence-corrected chi connectivity index (χ0v) is 14.5. The first kappa shape index (κ1) is 17.8. The number of benzene rings is 1. The number of methoxy groups -OCH3 is 1. The lowest BCUT2D eigenvalue weighted by Crippen LogP contribution is -2.28. The van der Waals surface area contributed by atoms with E-state index in [-0.39, 0.29) is 5.91 Å². The molecule has 5 heteroatoms. The lowest BCUT2D eigenvalue weighted by Gasteiger charge is -2.11. The predicted octanol–water partition coefficient (Wildman–Crippen LogP) is 3.13. The number of anilines is 1. The number of carbonyl (C=O) groups is 1. The van der Waals surface area contributed by atoms with Gasteiger partial charge in [0.1, 0.15) is 11.4 Å². The van der Waals surface area contributed by atoms with Crippen LogP contribution in [-0.2, 0) is 6.42 Å². The van der Waals surface area contributed by atoms with E-state index in [2.05, 4.69) is 35.5 Å². The summed E-state index contributed by atoms with van der Waals surface area (Å²) in [5.41, 5.74) is 2.46. The number of amides is 1. The summed E-state index contributed by atoms with van der Waals surface area (Å²) in [4.78, 5) is 16.2. The fourth-order valence-electron chi connectivity index (χ4n) is 2.30. The van der Waals surface area contributed by atoms with Gasteiger partial charge in [0.25, 0.3) is 5.91 Å². The number of hydrogen-bond acceptors (Lipinski definition) is 4. The van der Waals surface area contributed by atoms with E-state index in [4.69, 9.17) is 4.74 Å². The third-order valence-corrected chi connectivity index (χ3v) is 3.58. The number of rotatable bonds is 8. The second-order valence-electron chi connectivity index (χ2n) is 6.02. The zero-order chi connectivity index (χ0) is 17.4. The maximum absolute atomic E-state index is 12.1. The van der Waals surface area contributed by atoms with E-state index < -0.39 is 0 Å². The van der Waals surface area contributed by atoms with Crippen LogP contribution in [0.1, 0.15) is 29.9 Å². The normalized spacial score (nSPS) is 10.5. The summed E-state index contributed by atoms with van der Waals surface area (Å²) in [6, 6.07) is 11.6. The molecule has 24 heavy (non-hydrogen) atoms. The molecule has 1 amide bonds. The Morgan fingerprint density at radius 1 is 1.25 bits per heavy atom. The quantitative estimate of drug-likeness (QED) is 0.782. The van der Waals surface area contributed by atoms with Gasteiger partial charge in [0.05, 0.1) is 7.11 Å². The van der Waals surface area contributed by atoms with Gasteiger partial charge in [-0.05, 0) is 36.1 Å². The van der Waals surface area contributed by atoms with Gasteiger partial charge in [-0.25, -0.2) is 0 Å². The molecule has 0 bridgehead atoms. The number of nitrogens with one attached hydrogen (secondary N) is 2. The average molecular weight is 327 g/mol. The van der Waals surface area contributed by atoms with Gasteiger partial charge in [0, 0.05) is 25.0 Å². The Kier molecular flexibility index (Phi) is 6.61. The fraction of sp³-hybridized carbons (Fsp3) is 0.368. The SMILES string of the molecule is COc1ccccc1CCNc1ccnc(C(=O)NCC(C)C)c1. The highest BCUT2D eigenvalue weighted by Gasteiger charge is 2.08. The maximum Gasteiger partial charge on any atom is 0.269 e. The molecule has 128 valence electrons. The van der Waals surface area contributed by atoms with E-state index in [0.717, 1.165) is 30.0 Å². The molecule has 0 saturated heterocycles. The second-order valence-corrected chi connectivity index (χ2v) is 6.02. The van der Waals surface area contributed by atoms with Crippen molar-refractivity contribution in [3.05, 3.63) is 53.9 Å². The summed E-state index contributed by atoms with van der Waals surface area (Å²) >= 11 is 0. The minimum Gasteiger partial charge on any atom is -0.496 e. The number of hydrogen-bond donors (Lipinski definition) is 2. The largest absolute Gasteiger partial charge is 0.496 e. The Morgan fingerprint density at radius 2 is 2.04 bits per heavy atom.